The third kappa shape index (κ3) is 12.5. The van der Waals surface area contributed by atoms with Gasteiger partial charge in [-0.1, -0.05) is 224 Å². The maximum atomic E-state index is 9.34. The van der Waals surface area contributed by atoms with E-state index >= 15 is 0 Å². The summed E-state index contributed by atoms with van der Waals surface area (Å²) in [4.78, 5) is 17.2. The van der Waals surface area contributed by atoms with E-state index in [0.717, 1.165) is 129 Å². The minimum Gasteiger partial charge on any atom is -0.343 e. The van der Waals surface area contributed by atoms with Gasteiger partial charge in [-0.3, -0.25) is 0 Å². The Kier molecular flexibility index (Phi) is 17.0. The van der Waals surface area contributed by atoms with Crippen LogP contribution in [0.5, 0.6) is 0 Å². The lowest BCUT2D eigenvalue weighted by Crippen LogP contribution is -2.58. The van der Waals surface area contributed by atoms with Gasteiger partial charge in [-0.25, -0.2) is 0 Å². The molecule has 0 amide bonds. The predicted molar refractivity (Wildman–Crippen MR) is 450 cm³/mol. The third-order valence-corrected chi connectivity index (χ3v) is 28.6. The summed E-state index contributed by atoms with van der Waals surface area (Å²) in [6.45, 7) is 7.95. The molecular formula is C99H130N8. The highest BCUT2D eigenvalue weighted by molar-refractivity contribution is 5.67. The molecule has 14 aliphatic rings. The SMILES string of the molecule is [2H]C([2H])([2H])C1N(c2ccccc2C)C(C)=C2C=CC(C3CCCC3)(C3CCCC3)N21.[2H]C([2H])([2H])C1N(c2ccccc2C)C(C)=C2C=CC(C3CCCCC3)(C3CCCC3)N21.[2H]C([2H])([2H])C1N(c2ccccc2C)C(C)=C2C=CC([2H])(C3CCCCC3)N21.[2H]C([2H])([2H])C1N(c2ccccc2C)C(C)=C2C=CC(c3ccccc3)(C3CCCCC3)N21. The van der Waals surface area contributed by atoms with Gasteiger partial charge < -0.3 is 39.2 Å². The molecule has 7 unspecified atom stereocenters. The summed E-state index contributed by atoms with van der Waals surface area (Å²) >= 11 is 0. The number of allylic oxidation sites excluding steroid dienone is 8. The van der Waals surface area contributed by atoms with Crippen molar-refractivity contribution in [3.63, 3.8) is 0 Å². The Labute approximate surface area is 665 Å². The van der Waals surface area contributed by atoms with Crippen LogP contribution in [0.1, 0.15) is 274 Å². The summed E-state index contributed by atoms with van der Waals surface area (Å²) in [6.07, 6.45) is 47.7. The molecule has 7 atom stereocenters. The van der Waals surface area contributed by atoms with Crippen LogP contribution in [0, 0.1) is 63.2 Å². The van der Waals surface area contributed by atoms with E-state index in [0.29, 0.717) is 29.6 Å². The second-order valence-electron chi connectivity index (χ2n) is 34.2. The zero-order chi connectivity index (χ0) is 84.8. The first-order valence-corrected chi connectivity index (χ1v) is 42.0. The van der Waals surface area contributed by atoms with Crippen LogP contribution >= 0.6 is 0 Å². The number of hydrogen-bond donors (Lipinski definition) is 0. The van der Waals surface area contributed by atoms with E-state index in [4.69, 9.17) is 16.4 Å². The Balaban J connectivity index is 0.000000119. The first kappa shape index (κ1) is 59.3. The molecule has 0 spiro atoms. The maximum Gasteiger partial charge on any atom is 0.104 e. The molecule has 5 aromatic carbocycles. The Morgan fingerprint density at radius 3 is 1.00 bits per heavy atom. The smallest absolute Gasteiger partial charge is 0.104 e. The highest BCUT2D eigenvalue weighted by atomic mass is 15.5. The number of rotatable bonds is 11. The van der Waals surface area contributed by atoms with E-state index in [1.54, 1.807) is 0 Å². The lowest BCUT2D eigenvalue weighted by Gasteiger charge is -2.52. The van der Waals surface area contributed by atoms with Gasteiger partial charge >= 0.3 is 0 Å². The largest absolute Gasteiger partial charge is 0.343 e. The minimum absolute atomic E-state index is 0.139. The summed E-state index contributed by atoms with van der Waals surface area (Å²) < 4.78 is 112. The number of nitrogens with zero attached hydrogens (tertiary/aromatic N) is 8. The van der Waals surface area contributed by atoms with E-state index < -0.39 is 63.6 Å². The van der Waals surface area contributed by atoms with Gasteiger partial charge in [0.2, 0.25) is 0 Å². The quantitative estimate of drug-likeness (QED) is 0.129. The lowest BCUT2D eigenvalue weighted by molar-refractivity contribution is 0.0279. The van der Waals surface area contributed by atoms with Crippen LogP contribution in [0.2, 0.25) is 0 Å². The zero-order valence-electron chi connectivity index (χ0n) is 78.7. The van der Waals surface area contributed by atoms with Gasteiger partial charge in [-0.15, -0.1) is 0 Å². The Morgan fingerprint density at radius 2 is 0.617 bits per heavy atom. The molecule has 0 bridgehead atoms. The molecule has 5 aromatic rings. The maximum absolute atomic E-state index is 9.34. The van der Waals surface area contributed by atoms with Crippen LogP contribution in [0.15, 0.2) is 222 Å². The number of benzene rings is 5. The third-order valence-electron chi connectivity index (χ3n) is 28.6. The summed E-state index contributed by atoms with van der Waals surface area (Å²) in [7, 11) is 0. The van der Waals surface area contributed by atoms with E-state index in [1.165, 1.54) is 140 Å². The fourth-order valence-electron chi connectivity index (χ4n) is 23.5. The first-order chi connectivity index (χ1) is 57.3. The van der Waals surface area contributed by atoms with Crippen LogP contribution in [0.3, 0.4) is 0 Å². The minimum atomic E-state index is -2.22. The highest BCUT2D eigenvalue weighted by Gasteiger charge is 2.59. The van der Waals surface area contributed by atoms with Gasteiger partial charge in [0.25, 0.3) is 0 Å². The van der Waals surface area contributed by atoms with Crippen molar-refractivity contribution in [2.45, 2.75) is 303 Å². The van der Waals surface area contributed by atoms with Gasteiger partial charge in [0.1, 0.15) is 24.7 Å². The monoisotopic (exact) mass is 1440 g/mol. The van der Waals surface area contributed by atoms with Gasteiger partial charge in [-0.2, -0.15) is 0 Å². The van der Waals surface area contributed by atoms with Crippen molar-refractivity contribution in [3.8, 4) is 0 Å². The second-order valence-corrected chi connectivity index (χ2v) is 34.2. The highest BCUT2D eigenvalue weighted by Crippen LogP contribution is 2.60. The molecule has 8 heteroatoms. The Hall–Kier alpha value is -7.58. The van der Waals surface area contributed by atoms with Crippen LogP contribution < -0.4 is 19.6 Å². The molecule has 6 fully saturated rings. The number of hydrogen-bond acceptors (Lipinski definition) is 8. The van der Waals surface area contributed by atoms with Crippen molar-refractivity contribution < 1.29 is 17.8 Å². The molecule has 8 heterocycles. The molecule has 6 saturated carbocycles. The van der Waals surface area contributed by atoms with Crippen LogP contribution in [-0.2, 0) is 5.54 Å². The molecule has 8 nitrogen and oxygen atoms in total. The molecule has 8 aliphatic heterocycles. The van der Waals surface area contributed by atoms with Crippen molar-refractivity contribution >= 4 is 22.7 Å². The van der Waals surface area contributed by atoms with Gasteiger partial charge in [0, 0.05) is 62.0 Å². The first-order valence-electron chi connectivity index (χ1n) is 48.5. The number of para-hydroxylation sites is 4. The second kappa shape index (κ2) is 30.7. The Morgan fingerprint density at radius 1 is 0.308 bits per heavy atom. The molecule has 107 heavy (non-hydrogen) atoms. The standard InChI is InChI=1S/C27H32N2.C26H36N2.C25H34N2.C21H28N2/c1-20-12-10-11-17-25(20)28-21(2)26-18-19-27(29(26)22(28)3,23-13-6-4-7-14-23)24-15-8-5-9-16-24;1-19-11-7-10-16-24(19)27-20(2)25-17-18-26(28(25)21(27)3,23-14-8-9-15-23)22-12-5-4-6-13-22;1-18-10-4-9-15-23(18)26-19(2)24-16-17-25(27(24)20(26)3,21-11-5-6-12-21)22-13-7-8-14-22;1-15-9-7-8-12-19(15)22-16(2)20-13-14-21(23(20)17(22)3)18-10-5-4-6-11-18/h4,6-7,10-14,17-19,22,24H,5,8-9,15-16H2,1-3H3;7,10-11,16-18,21-23H,4-6,8-9,12-15H2,1-3H3;4,9-10,15-17,20-22H,5-8,11-14H2,1-3H3;7-9,12-14,17-18,21H,4-6,10-11H2,1-3H3/i3*3D3;3D3,21D. The molecule has 0 saturated heterocycles. The summed E-state index contributed by atoms with van der Waals surface area (Å²) in [5, 5.41) is 0. The number of anilines is 4. The zero-order valence-corrected chi connectivity index (χ0v) is 65.7. The Bertz CT molecular complexity index is 4780. The molecule has 566 valence electrons. The fraction of sp³-hybridized carbons (Fsp3) is 0.535. The van der Waals surface area contributed by atoms with Crippen molar-refractivity contribution in [1.29, 1.82) is 0 Å². The summed E-state index contributed by atoms with van der Waals surface area (Å²) in [6, 6.07) is 42.1. The van der Waals surface area contributed by atoms with E-state index in [-0.39, 0.29) is 17.0 Å². The normalized spacial score (nSPS) is 31.6. The van der Waals surface area contributed by atoms with E-state index in [2.05, 4.69) is 168 Å². The van der Waals surface area contributed by atoms with Gasteiger partial charge in [-0.05, 0) is 272 Å². The summed E-state index contributed by atoms with van der Waals surface area (Å²) in [5.74, 6) is 2.79. The molecule has 0 radical (unpaired) electrons. The topological polar surface area (TPSA) is 25.9 Å². The summed E-state index contributed by atoms with van der Waals surface area (Å²) in [5.41, 5.74) is 17.1. The van der Waals surface area contributed by atoms with Crippen LogP contribution in [0.4, 0.5) is 22.7 Å². The van der Waals surface area contributed by atoms with Gasteiger partial charge in [0.15, 0.2) is 0 Å². The van der Waals surface area contributed by atoms with Crippen molar-refractivity contribution in [1.82, 2.24) is 19.6 Å². The average Bonchev–Trinajstić information content (AvgIpc) is 1.55. The van der Waals surface area contributed by atoms with Crippen molar-refractivity contribution in [2.75, 3.05) is 19.6 Å². The number of fused-ring (bicyclic) bond motifs is 4. The average molecular weight is 1450 g/mol. The van der Waals surface area contributed by atoms with Crippen molar-refractivity contribution in [2.24, 2.45) is 35.5 Å². The molecule has 0 N–H and O–H groups in total. The lowest BCUT2D eigenvalue weighted by atomic mass is 9.67. The van der Waals surface area contributed by atoms with Crippen LogP contribution in [-0.4, -0.2) is 61.4 Å². The van der Waals surface area contributed by atoms with Gasteiger partial charge in [0.05, 0.1) is 46.8 Å². The fourth-order valence-corrected chi connectivity index (χ4v) is 23.5. The van der Waals surface area contributed by atoms with E-state index in [1.807, 2.05) is 103 Å². The van der Waals surface area contributed by atoms with E-state index in [9.17, 15) is 1.37 Å². The number of aryl methyl sites for hydroxylation is 4. The molecule has 19 rings (SSSR count). The van der Waals surface area contributed by atoms with Crippen molar-refractivity contribution in [3.05, 3.63) is 249 Å². The molecule has 6 aliphatic carbocycles. The predicted octanol–water partition coefficient (Wildman–Crippen LogP) is 25.1. The van der Waals surface area contributed by atoms with Crippen LogP contribution in [0.25, 0.3) is 0 Å². The molecule has 0 aromatic heterocycles. The molecular weight excluding hydrogens is 1300 g/mol.